The van der Waals surface area contributed by atoms with Gasteiger partial charge in [0.05, 0.1) is 11.1 Å². The third kappa shape index (κ3) is 2.95. The molecule has 0 saturated carbocycles. The number of phenolic OH excluding ortho intramolecular Hbond substituents is 1. The zero-order valence-corrected chi connectivity index (χ0v) is 10.6. The second kappa shape index (κ2) is 5.46. The topological polar surface area (TPSA) is 61.7 Å². The van der Waals surface area contributed by atoms with Gasteiger partial charge in [0.1, 0.15) is 5.75 Å². The molecule has 1 aromatic carbocycles. The van der Waals surface area contributed by atoms with Crippen LogP contribution in [-0.2, 0) is 0 Å². The fourth-order valence-corrected chi connectivity index (χ4v) is 2.24. The molecular formula is C13H12N2O2S. The van der Waals surface area contributed by atoms with E-state index in [4.69, 9.17) is 0 Å². The first kappa shape index (κ1) is 12.3. The standard InChI is InChI=1S/C13H12N2O2S/c1-9-5-6-18-12(9)13(17)15-14-8-10-3-2-4-11(16)7-10/h2-8,16H,1H3,(H,15,17)/b14-8-. The molecule has 2 rings (SSSR count). The second-order valence-electron chi connectivity index (χ2n) is 3.73. The van der Waals surface area contributed by atoms with Crippen LogP contribution in [-0.4, -0.2) is 17.2 Å². The Morgan fingerprint density at radius 2 is 2.28 bits per heavy atom. The first-order valence-corrected chi connectivity index (χ1v) is 6.21. The minimum absolute atomic E-state index is 0.166. The molecule has 1 amide bonds. The van der Waals surface area contributed by atoms with Crippen LogP contribution in [0.3, 0.4) is 0 Å². The molecule has 1 aromatic heterocycles. The van der Waals surface area contributed by atoms with Crippen LogP contribution in [0.25, 0.3) is 0 Å². The molecule has 0 spiro atoms. The molecule has 2 N–H and O–H groups in total. The smallest absolute Gasteiger partial charge is 0.281 e. The normalized spacial score (nSPS) is 10.7. The number of aryl methyl sites for hydroxylation is 1. The molecule has 0 radical (unpaired) electrons. The van der Waals surface area contributed by atoms with Crippen molar-refractivity contribution >= 4 is 23.5 Å². The highest BCUT2D eigenvalue weighted by atomic mass is 32.1. The Bertz CT molecular complexity index is 590. The summed E-state index contributed by atoms with van der Waals surface area (Å²) in [5.41, 5.74) is 4.11. The summed E-state index contributed by atoms with van der Waals surface area (Å²) in [5.74, 6) is -0.0571. The molecule has 0 fully saturated rings. The first-order valence-electron chi connectivity index (χ1n) is 5.33. The Hall–Kier alpha value is -2.14. The fourth-order valence-electron chi connectivity index (χ4n) is 1.43. The van der Waals surface area contributed by atoms with Gasteiger partial charge in [-0.15, -0.1) is 11.3 Å². The van der Waals surface area contributed by atoms with Crippen LogP contribution in [0.2, 0.25) is 0 Å². The Morgan fingerprint density at radius 1 is 1.44 bits per heavy atom. The maximum Gasteiger partial charge on any atom is 0.281 e. The molecule has 0 saturated heterocycles. The van der Waals surface area contributed by atoms with E-state index in [0.29, 0.717) is 4.88 Å². The molecule has 2 aromatic rings. The molecule has 1 heterocycles. The molecule has 0 bridgehead atoms. The zero-order valence-electron chi connectivity index (χ0n) is 9.75. The maximum absolute atomic E-state index is 11.7. The number of hydrogen-bond acceptors (Lipinski definition) is 4. The summed E-state index contributed by atoms with van der Waals surface area (Å²) in [6, 6.07) is 8.52. The fraction of sp³-hybridized carbons (Fsp3) is 0.0769. The highest BCUT2D eigenvalue weighted by molar-refractivity contribution is 7.12. The SMILES string of the molecule is Cc1ccsc1C(=O)N/N=C\c1cccc(O)c1. The van der Waals surface area contributed by atoms with E-state index in [0.717, 1.165) is 11.1 Å². The number of nitrogens with one attached hydrogen (secondary N) is 1. The lowest BCUT2D eigenvalue weighted by Crippen LogP contribution is -2.17. The van der Waals surface area contributed by atoms with Crippen molar-refractivity contribution in [3.05, 3.63) is 51.7 Å². The van der Waals surface area contributed by atoms with Gasteiger partial charge in [-0.3, -0.25) is 4.79 Å². The van der Waals surface area contributed by atoms with E-state index >= 15 is 0 Å². The van der Waals surface area contributed by atoms with Crippen LogP contribution in [0.5, 0.6) is 5.75 Å². The van der Waals surface area contributed by atoms with Crippen LogP contribution in [0.4, 0.5) is 0 Å². The summed E-state index contributed by atoms with van der Waals surface area (Å²) in [7, 11) is 0. The minimum Gasteiger partial charge on any atom is -0.508 e. The molecule has 18 heavy (non-hydrogen) atoms. The van der Waals surface area contributed by atoms with Gasteiger partial charge in [0.2, 0.25) is 0 Å². The number of benzene rings is 1. The number of aromatic hydroxyl groups is 1. The quantitative estimate of drug-likeness (QED) is 0.658. The van der Waals surface area contributed by atoms with E-state index in [2.05, 4.69) is 10.5 Å². The molecule has 92 valence electrons. The predicted octanol–water partition coefficient (Wildman–Crippen LogP) is 2.53. The molecule has 4 nitrogen and oxygen atoms in total. The van der Waals surface area contributed by atoms with Crippen LogP contribution < -0.4 is 5.43 Å². The Kier molecular flexibility index (Phi) is 3.74. The number of carbonyl (C=O) groups is 1. The van der Waals surface area contributed by atoms with E-state index < -0.39 is 0 Å². The number of phenols is 1. The van der Waals surface area contributed by atoms with Gasteiger partial charge in [0, 0.05) is 0 Å². The van der Waals surface area contributed by atoms with E-state index in [1.807, 2.05) is 18.4 Å². The summed E-state index contributed by atoms with van der Waals surface area (Å²) in [6.45, 7) is 1.88. The van der Waals surface area contributed by atoms with Gasteiger partial charge in [-0.1, -0.05) is 12.1 Å². The Morgan fingerprint density at radius 3 is 2.94 bits per heavy atom. The number of nitrogens with zero attached hydrogens (tertiary/aromatic N) is 1. The van der Waals surface area contributed by atoms with Crippen LogP contribution in [0, 0.1) is 6.92 Å². The lowest BCUT2D eigenvalue weighted by Gasteiger charge is -1.98. The molecule has 0 aliphatic heterocycles. The number of thiophene rings is 1. The van der Waals surface area contributed by atoms with Crippen LogP contribution in [0.1, 0.15) is 20.8 Å². The maximum atomic E-state index is 11.7. The summed E-state index contributed by atoms with van der Waals surface area (Å²) in [4.78, 5) is 12.4. The minimum atomic E-state index is -0.223. The third-order valence-corrected chi connectivity index (χ3v) is 3.33. The van der Waals surface area contributed by atoms with Crippen molar-refractivity contribution in [1.82, 2.24) is 5.43 Å². The van der Waals surface area contributed by atoms with Crippen molar-refractivity contribution in [1.29, 1.82) is 0 Å². The van der Waals surface area contributed by atoms with Gasteiger partial charge < -0.3 is 5.11 Å². The highest BCUT2D eigenvalue weighted by Gasteiger charge is 2.08. The molecule has 5 heteroatoms. The van der Waals surface area contributed by atoms with Crippen molar-refractivity contribution in [2.24, 2.45) is 5.10 Å². The van der Waals surface area contributed by atoms with Gasteiger partial charge in [-0.2, -0.15) is 5.10 Å². The number of carbonyl (C=O) groups excluding carboxylic acids is 1. The first-order chi connectivity index (χ1) is 8.66. The summed E-state index contributed by atoms with van der Waals surface area (Å²) in [5, 5.41) is 15.0. The Balaban J connectivity index is 2.00. The lowest BCUT2D eigenvalue weighted by atomic mass is 10.2. The second-order valence-corrected chi connectivity index (χ2v) is 4.64. The average molecular weight is 260 g/mol. The van der Waals surface area contributed by atoms with Gasteiger partial charge in [-0.05, 0) is 41.6 Å². The van der Waals surface area contributed by atoms with Gasteiger partial charge in [0.15, 0.2) is 0 Å². The highest BCUT2D eigenvalue weighted by Crippen LogP contribution is 2.15. The van der Waals surface area contributed by atoms with Crippen molar-refractivity contribution in [3.63, 3.8) is 0 Å². The van der Waals surface area contributed by atoms with Crippen molar-refractivity contribution in [2.45, 2.75) is 6.92 Å². The molecular weight excluding hydrogens is 248 g/mol. The zero-order chi connectivity index (χ0) is 13.0. The van der Waals surface area contributed by atoms with Crippen molar-refractivity contribution < 1.29 is 9.90 Å². The van der Waals surface area contributed by atoms with Gasteiger partial charge in [0.25, 0.3) is 5.91 Å². The largest absolute Gasteiger partial charge is 0.508 e. The third-order valence-electron chi connectivity index (χ3n) is 2.32. The molecule has 0 atom stereocenters. The summed E-state index contributed by atoms with van der Waals surface area (Å²) >= 11 is 1.38. The number of hydrogen-bond donors (Lipinski definition) is 2. The van der Waals surface area contributed by atoms with E-state index in [-0.39, 0.29) is 11.7 Å². The van der Waals surface area contributed by atoms with Gasteiger partial charge >= 0.3 is 0 Å². The van der Waals surface area contributed by atoms with E-state index in [1.165, 1.54) is 17.6 Å². The molecule has 0 unspecified atom stereocenters. The van der Waals surface area contributed by atoms with E-state index in [1.54, 1.807) is 24.3 Å². The average Bonchev–Trinajstić information content (AvgIpc) is 2.75. The molecule has 0 aliphatic carbocycles. The lowest BCUT2D eigenvalue weighted by molar-refractivity contribution is 0.0958. The number of hydrazone groups is 1. The van der Waals surface area contributed by atoms with Crippen molar-refractivity contribution in [2.75, 3.05) is 0 Å². The predicted molar refractivity (Wildman–Crippen MR) is 72.2 cm³/mol. The monoisotopic (exact) mass is 260 g/mol. The van der Waals surface area contributed by atoms with E-state index in [9.17, 15) is 9.90 Å². The van der Waals surface area contributed by atoms with Gasteiger partial charge in [-0.25, -0.2) is 5.43 Å². The van der Waals surface area contributed by atoms with Crippen molar-refractivity contribution in [3.8, 4) is 5.75 Å². The number of rotatable bonds is 3. The van der Waals surface area contributed by atoms with Crippen LogP contribution >= 0.6 is 11.3 Å². The Labute approximate surface area is 109 Å². The summed E-state index contributed by atoms with van der Waals surface area (Å²) in [6.07, 6.45) is 1.49. The van der Waals surface area contributed by atoms with Crippen LogP contribution in [0.15, 0.2) is 40.8 Å². The summed E-state index contributed by atoms with van der Waals surface area (Å²) < 4.78 is 0. The molecule has 0 aliphatic rings. The number of amides is 1.